The first kappa shape index (κ1) is 37.1. The van der Waals surface area contributed by atoms with Crippen LogP contribution in [-0.4, -0.2) is 87.4 Å². The van der Waals surface area contributed by atoms with Crippen LogP contribution >= 0.6 is 0 Å². The van der Waals surface area contributed by atoms with Gasteiger partial charge in [-0.05, 0) is 98.2 Å². The van der Waals surface area contributed by atoms with E-state index < -0.39 is 49.8 Å². The van der Waals surface area contributed by atoms with Crippen molar-refractivity contribution in [1.29, 1.82) is 0 Å². The summed E-state index contributed by atoms with van der Waals surface area (Å²) in [5.41, 5.74) is 0. The second kappa shape index (κ2) is 13.6. The van der Waals surface area contributed by atoms with Gasteiger partial charge in [-0.15, -0.1) is 0 Å². The van der Waals surface area contributed by atoms with Crippen LogP contribution < -0.4 is 4.98 Å². The van der Waals surface area contributed by atoms with Gasteiger partial charge >= 0.3 is 0 Å². The summed E-state index contributed by atoms with van der Waals surface area (Å²) >= 11 is 0. The first-order chi connectivity index (χ1) is 15.6. The molecule has 0 aliphatic heterocycles. The Morgan fingerprint density at radius 2 is 0.806 bits per heavy atom. The third kappa shape index (κ3) is 20.0. The summed E-state index contributed by atoms with van der Waals surface area (Å²) in [6.45, 7) is 42.0. The Morgan fingerprint density at radius 3 is 1.14 bits per heavy atom. The van der Waals surface area contributed by atoms with Gasteiger partial charge < -0.3 is 27.1 Å². The molecule has 1 N–H and O–H groups in total. The van der Waals surface area contributed by atoms with E-state index in [0.29, 0.717) is 13.2 Å². The monoisotopic (exact) mass is 613 g/mol. The van der Waals surface area contributed by atoms with E-state index in [1.54, 1.807) is 0 Å². The minimum atomic E-state index is -1.96. The summed E-state index contributed by atoms with van der Waals surface area (Å²) in [5.74, 6) is 0. The number of hydrogen-bond donors (Lipinski definition) is 1. The maximum Gasteiger partial charge on any atom is 0.184 e. The van der Waals surface area contributed by atoms with Gasteiger partial charge in [-0.1, -0.05) is 19.6 Å². The highest BCUT2D eigenvalue weighted by molar-refractivity contribution is 6.74. The van der Waals surface area contributed by atoms with Gasteiger partial charge in [0, 0.05) is 0 Å². The van der Waals surface area contributed by atoms with Crippen LogP contribution in [-0.2, 0) is 22.1 Å². The molecule has 36 heavy (non-hydrogen) atoms. The molecule has 0 saturated carbocycles. The average molecular weight is 614 g/mol. The van der Waals surface area contributed by atoms with Crippen LogP contribution in [0.3, 0.4) is 0 Å². The van der Waals surface area contributed by atoms with Crippen LogP contribution in [0, 0.1) is 0 Å². The van der Waals surface area contributed by atoms with Crippen molar-refractivity contribution >= 4 is 49.8 Å². The molecule has 12 heteroatoms. The lowest BCUT2D eigenvalue weighted by atomic mass is 10.0. The number of nitrogens with one attached hydrogen (secondary N) is 1. The zero-order chi connectivity index (χ0) is 29.0. The minimum absolute atomic E-state index is 0.0242. The highest BCUT2D eigenvalue weighted by Gasteiger charge is 2.44. The zero-order valence-corrected chi connectivity index (χ0v) is 33.3. The molecule has 0 rings (SSSR count). The van der Waals surface area contributed by atoms with E-state index in [1.807, 2.05) is 0 Å². The molecule has 0 aliphatic carbocycles. The van der Waals surface area contributed by atoms with Gasteiger partial charge in [0.25, 0.3) is 0 Å². The largest absolute Gasteiger partial charge is 0.416 e. The number of hydrogen-bond acceptors (Lipinski definition) is 6. The second-order valence-corrected chi connectivity index (χ2v) is 43.2. The van der Waals surface area contributed by atoms with Gasteiger partial charge in [-0.2, -0.15) is 0 Å². The molecule has 0 amide bonds. The Balaban J connectivity index is 6.80. The van der Waals surface area contributed by atoms with Crippen molar-refractivity contribution in [2.24, 2.45) is 0 Å². The van der Waals surface area contributed by atoms with Crippen molar-refractivity contribution in [2.75, 3.05) is 13.2 Å². The molecular formula is C24H63NO5Si6. The molecule has 6 nitrogen and oxygen atoms in total. The van der Waals surface area contributed by atoms with Crippen LogP contribution in [0.2, 0.25) is 118 Å². The van der Waals surface area contributed by atoms with E-state index in [1.165, 1.54) is 0 Å². The Kier molecular flexibility index (Phi) is 14.0. The summed E-state index contributed by atoms with van der Waals surface area (Å²) < 4.78 is 34.0. The molecular weight excluding hydrogens is 551 g/mol. The van der Waals surface area contributed by atoms with Gasteiger partial charge in [0.2, 0.25) is 0 Å². The van der Waals surface area contributed by atoms with E-state index in [9.17, 15) is 0 Å². The van der Waals surface area contributed by atoms with Crippen molar-refractivity contribution in [3.8, 4) is 0 Å². The molecule has 0 saturated heterocycles. The standard InChI is InChI=1S/C24H63NO5Si6/c1-31(2,3)25-21(19-26-32(4,5)6)23(29-35(13,14)15)24(30-36(16,17)18)22(28-34(10,11)12)20-27-33(7,8)9/h21-25H,19-20H2,1-18H3. The molecule has 0 aromatic rings. The van der Waals surface area contributed by atoms with Crippen LogP contribution in [0.4, 0.5) is 0 Å². The lowest BCUT2D eigenvalue weighted by molar-refractivity contribution is -0.0637. The molecule has 0 aliphatic rings. The van der Waals surface area contributed by atoms with Crippen molar-refractivity contribution in [2.45, 2.75) is 142 Å². The Hall–Kier alpha value is 1.06. The topological polar surface area (TPSA) is 58.2 Å². The van der Waals surface area contributed by atoms with Gasteiger partial charge in [0.05, 0.1) is 37.6 Å². The second-order valence-electron chi connectivity index (χ2n) is 16.0. The predicted molar refractivity (Wildman–Crippen MR) is 174 cm³/mol. The Labute approximate surface area is 231 Å². The normalized spacial score (nSPS) is 18.2. The van der Waals surface area contributed by atoms with Crippen LogP contribution in [0.1, 0.15) is 0 Å². The summed E-state index contributed by atoms with van der Waals surface area (Å²) in [6, 6.07) is 0.0242. The van der Waals surface area contributed by atoms with Crippen LogP contribution in [0.15, 0.2) is 0 Å². The molecule has 0 spiro atoms. The maximum atomic E-state index is 7.07. The summed E-state index contributed by atoms with van der Waals surface area (Å²) in [4.78, 5) is 4.00. The average Bonchev–Trinajstić information content (AvgIpc) is 2.53. The Bertz CT molecular complexity index is 586. The van der Waals surface area contributed by atoms with Crippen LogP contribution in [0.5, 0.6) is 0 Å². The molecule has 0 aromatic heterocycles. The van der Waals surface area contributed by atoms with E-state index >= 15 is 0 Å². The molecule has 0 aromatic carbocycles. The first-order valence-corrected chi connectivity index (χ1v) is 34.2. The minimum Gasteiger partial charge on any atom is -0.416 e. The van der Waals surface area contributed by atoms with Crippen molar-refractivity contribution in [1.82, 2.24) is 4.98 Å². The highest BCUT2D eigenvalue weighted by atomic mass is 28.4. The van der Waals surface area contributed by atoms with Crippen molar-refractivity contribution < 1.29 is 22.1 Å². The first-order valence-electron chi connectivity index (χ1n) is 13.7. The molecule has 4 unspecified atom stereocenters. The molecule has 0 heterocycles. The molecule has 218 valence electrons. The van der Waals surface area contributed by atoms with E-state index in [2.05, 4.69) is 123 Å². The zero-order valence-electron chi connectivity index (χ0n) is 27.3. The lowest BCUT2D eigenvalue weighted by Gasteiger charge is -2.46. The summed E-state index contributed by atoms with van der Waals surface area (Å²) in [6.07, 6.45) is -0.599. The Morgan fingerprint density at radius 1 is 0.444 bits per heavy atom. The fourth-order valence-corrected chi connectivity index (χ4v) is 9.68. The van der Waals surface area contributed by atoms with Gasteiger partial charge in [-0.25, -0.2) is 0 Å². The quantitative estimate of drug-likeness (QED) is 0.176. The van der Waals surface area contributed by atoms with E-state index in [-0.39, 0.29) is 24.4 Å². The third-order valence-corrected chi connectivity index (χ3v) is 10.8. The maximum absolute atomic E-state index is 7.07. The SMILES string of the molecule is C[Si](C)(C)NC(CO[Si](C)(C)C)C(O[Si](C)(C)C)C(O[Si](C)(C)C)C(CO[Si](C)(C)C)O[Si](C)(C)C. The predicted octanol–water partition coefficient (Wildman–Crippen LogP) is 7.14. The lowest BCUT2D eigenvalue weighted by Crippen LogP contribution is -2.65. The van der Waals surface area contributed by atoms with Crippen molar-refractivity contribution in [3.05, 3.63) is 0 Å². The van der Waals surface area contributed by atoms with Gasteiger partial charge in [0.15, 0.2) is 41.6 Å². The number of rotatable bonds is 17. The fraction of sp³-hybridized carbons (Fsp3) is 1.00. The molecule has 0 fully saturated rings. The van der Waals surface area contributed by atoms with Crippen LogP contribution in [0.25, 0.3) is 0 Å². The van der Waals surface area contributed by atoms with E-state index in [4.69, 9.17) is 22.1 Å². The molecule has 0 radical (unpaired) electrons. The van der Waals surface area contributed by atoms with E-state index in [0.717, 1.165) is 0 Å². The van der Waals surface area contributed by atoms with Gasteiger partial charge in [-0.3, -0.25) is 0 Å². The molecule has 4 atom stereocenters. The smallest absolute Gasteiger partial charge is 0.184 e. The van der Waals surface area contributed by atoms with Crippen molar-refractivity contribution in [3.63, 3.8) is 0 Å². The fourth-order valence-electron chi connectivity index (χ4n) is 3.65. The summed E-state index contributed by atoms with van der Waals surface area (Å²) in [7, 11) is -11.0. The summed E-state index contributed by atoms with van der Waals surface area (Å²) in [5, 5.41) is 0. The molecule has 0 bridgehead atoms. The highest BCUT2D eigenvalue weighted by Crippen LogP contribution is 2.27. The van der Waals surface area contributed by atoms with Gasteiger partial charge in [0.1, 0.15) is 8.24 Å². The third-order valence-electron chi connectivity index (χ3n) is 4.57.